The predicted molar refractivity (Wildman–Crippen MR) is 76.4 cm³/mol. The zero-order valence-electron chi connectivity index (χ0n) is 12.6. The number of hydrogen-bond donors (Lipinski definition) is 1. The molecule has 114 valence electrons. The molecule has 0 aromatic heterocycles. The largest absolute Gasteiger partial charge is 0.508 e. The van der Waals surface area contributed by atoms with Crippen molar-refractivity contribution in [3.8, 4) is 17.2 Å². The molecule has 5 nitrogen and oxygen atoms in total. The molecule has 0 amide bonds. The summed E-state index contributed by atoms with van der Waals surface area (Å²) < 4.78 is 22.4. The van der Waals surface area contributed by atoms with Crippen LogP contribution >= 0.6 is 0 Å². The fraction of sp³-hybridized carbons (Fsp3) is 0.600. The van der Waals surface area contributed by atoms with Gasteiger partial charge in [0.15, 0.2) is 6.29 Å². The monoisotopic (exact) mass is 284 g/mol. The number of aromatic hydroxyl groups is 1. The molecule has 0 atom stereocenters. The lowest BCUT2D eigenvalue weighted by Crippen LogP contribution is -2.13. The molecule has 0 saturated carbocycles. The Labute approximate surface area is 120 Å². The van der Waals surface area contributed by atoms with Gasteiger partial charge in [0.05, 0.1) is 18.8 Å². The van der Waals surface area contributed by atoms with E-state index in [2.05, 4.69) is 0 Å². The first-order valence-electron chi connectivity index (χ1n) is 7.03. The van der Waals surface area contributed by atoms with Gasteiger partial charge in [-0.05, 0) is 27.7 Å². The van der Waals surface area contributed by atoms with Crippen molar-refractivity contribution in [1.29, 1.82) is 0 Å². The van der Waals surface area contributed by atoms with Crippen LogP contribution in [0.2, 0.25) is 0 Å². The lowest BCUT2D eigenvalue weighted by Gasteiger charge is -2.23. The third kappa shape index (κ3) is 4.28. The van der Waals surface area contributed by atoms with Gasteiger partial charge in [-0.15, -0.1) is 0 Å². The summed E-state index contributed by atoms with van der Waals surface area (Å²) >= 11 is 0. The third-order valence-corrected chi connectivity index (χ3v) is 2.56. The van der Waals surface area contributed by atoms with Crippen LogP contribution in [0.5, 0.6) is 17.2 Å². The second kappa shape index (κ2) is 8.66. The van der Waals surface area contributed by atoms with Crippen LogP contribution in [0.25, 0.3) is 0 Å². The number of rotatable bonds is 9. The fourth-order valence-electron chi connectivity index (χ4n) is 1.89. The highest BCUT2D eigenvalue weighted by Gasteiger charge is 2.23. The van der Waals surface area contributed by atoms with E-state index in [1.54, 1.807) is 12.1 Å². The maximum atomic E-state index is 9.77. The van der Waals surface area contributed by atoms with E-state index >= 15 is 0 Å². The average molecular weight is 284 g/mol. The van der Waals surface area contributed by atoms with Gasteiger partial charge in [0.25, 0.3) is 0 Å². The Hall–Kier alpha value is -1.46. The quantitative estimate of drug-likeness (QED) is 0.705. The van der Waals surface area contributed by atoms with Crippen molar-refractivity contribution in [2.24, 2.45) is 0 Å². The molecule has 5 heteroatoms. The van der Waals surface area contributed by atoms with Gasteiger partial charge >= 0.3 is 0 Å². The van der Waals surface area contributed by atoms with E-state index in [4.69, 9.17) is 18.9 Å². The van der Waals surface area contributed by atoms with Gasteiger partial charge in [0.2, 0.25) is 0 Å². The van der Waals surface area contributed by atoms with Crippen LogP contribution in [0.4, 0.5) is 0 Å². The van der Waals surface area contributed by atoms with Crippen LogP contribution in [0.1, 0.15) is 39.5 Å². The highest BCUT2D eigenvalue weighted by Crippen LogP contribution is 2.40. The van der Waals surface area contributed by atoms with Gasteiger partial charge in [0.1, 0.15) is 17.2 Å². The molecule has 0 aliphatic heterocycles. The van der Waals surface area contributed by atoms with E-state index in [1.807, 2.05) is 27.7 Å². The molecular weight excluding hydrogens is 260 g/mol. The molecule has 0 aliphatic carbocycles. The molecule has 0 bridgehead atoms. The summed E-state index contributed by atoms with van der Waals surface area (Å²) in [6, 6.07) is 3.10. The smallest absolute Gasteiger partial charge is 0.190 e. The molecule has 0 heterocycles. The van der Waals surface area contributed by atoms with Gasteiger partial charge in [-0.3, -0.25) is 0 Å². The summed E-state index contributed by atoms with van der Waals surface area (Å²) in [5.41, 5.74) is 0.676. The van der Waals surface area contributed by atoms with Crippen LogP contribution < -0.4 is 9.47 Å². The van der Waals surface area contributed by atoms with E-state index in [-0.39, 0.29) is 5.75 Å². The first-order valence-corrected chi connectivity index (χ1v) is 7.03. The molecule has 0 saturated heterocycles. The summed E-state index contributed by atoms with van der Waals surface area (Å²) in [6.45, 7) is 9.51. The number of ether oxygens (including phenoxy) is 4. The van der Waals surface area contributed by atoms with Crippen molar-refractivity contribution in [1.82, 2.24) is 0 Å². The number of phenols is 1. The molecule has 1 aromatic carbocycles. The first kappa shape index (κ1) is 16.6. The van der Waals surface area contributed by atoms with Gasteiger partial charge in [-0.2, -0.15) is 0 Å². The molecule has 0 fully saturated rings. The van der Waals surface area contributed by atoms with Crippen molar-refractivity contribution >= 4 is 0 Å². The van der Waals surface area contributed by atoms with Gasteiger partial charge in [0, 0.05) is 25.3 Å². The Morgan fingerprint density at radius 1 is 0.850 bits per heavy atom. The average Bonchev–Trinajstić information content (AvgIpc) is 2.39. The van der Waals surface area contributed by atoms with E-state index < -0.39 is 6.29 Å². The SMILES string of the molecule is CCOc1cc(O)cc(OCC)c1C(OCC)OCC. The molecule has 0 aliphatic rings. The Bertz CT molecular complexity index is 372. The fourth-order valence-corrected chi connectivity index (χ4v) is 1.89. The molecule has 0 unspecified atom stereocenters. The van der Waals surface area contributed by atoms with Crippen molar-refractivity contribution < 1.29 is 24.1 Å². The molecule has 1 N–H and O–H groups in total. The molecule has 0 spiro atoms. The standard InChI is InChI=1S/C15H24O5/c1-5-17-12-9-11(16)10-13(18-6-2)14(12)15(19-7-3)20-8-4/h9-10,15-16H,5-8H2,1-4H3. The van der Waals surface area contributed by atoms with Crippen LogP contribution in [-0.4, -0.2) is 31.5 Å². The summed E-state index contributed by atoms with van der Waals surface area (Å²) in [7, 11) is 0. The summed E-state index contributed by atoms with van der Waals surface area (Å²) in [4.78, 5) is 0. The zero-order valence-corrected chi connectivity index (χ0v) is 12.6. The Morgan fingerprint density at radius 2 is 1.30 bits per heavy atom. The lowest BCUT2D eigenvalue weighted by molar-refractivity contribution is -0.142. The molecule has 20 heavy (non-hydrogen) atoms. The highest BCUT2D eigenvalue weighted by atomic mass is 16.7. The van der Waals surface area contributed by atoms with Gasteiger partial charge in [-0.1, -0.05) is 0 Å². The van der Waals surface area contributed by atoms with Crippen molar-refractivity contribution in [2.45, 2.75) is 34.0 Å². The minimum absolute atomic E-state index is 0.0902. The third-order valence-electron chi connectivity index (χ3n) is 2.56. The molecule has 1 aromatic rings. The van der Waals surface area contributed by atoms with Gasteiger partial charge < -0.3 is 24.1 Å². The highest BCUT2D eigenvalue weighted by molar-refractivity contribution is 5.51. The Morgan fingerprint density at radius 3 is 1.65 bits per heavy atom. The van der Waals surface area contributed by atoms with Gasteiger partial charge in [-0.25, -0.2) is 0 Å². The van der Waals surface area contributed by atoms with Crippen LogP contribution in [-0.2, 0) is 9.47 Å². The number of hydrogen-bond acceptors (Lipinski definition) is 5. The molecule has 1 rings (SSSR count). The lowest BCUT2D eigenvalue weighted by atomic mass is 10.1. The Balaban J connectivity index is 3.27. The zero-order chi connectivity index (χ0) is 15.0. The van der Waals surface area contributed by atoms with Crippen molar-refractivity contribution in [3.63, 3.8) is 0 Å². The predicted octanol–water partition coefficient (Wildman–Crippen LogP) is 3.26. The maximum absolute atomic E-state index is 9.77. The minimum Gasteiger partial charge on any atom is -0.508 e. The minimum atomic E-state index is -0.575. The van der Waals surface area contributed by atoms with Crippen molar-refractivity contribution in [3.05, 3.63) is 17.7 Å². The summed E-state index contributed by atoms with van der Waals surface area (Å²) in [5, 5.41) is 9.77. The molecular formula is C15H24O5. The molecule has 0 radical (unpaired) electrons. The topological polar surface area (TPSA) is 57.2 Å². The maximum Gasteiger partial charge on any atom is 0.190 e. The van der Waals surface area contributed by atoms with Crippen LogP contribution in [0.15, 0.2) is 12.1 Å². The first-order chi connectivity index (χ1) is 9.67. The number of benzene rings is 1. The summed E-state index contributed by atoms with van der Waals surface area (Å²) in [6.07, 6.45) is -0.575. The second-order valence-electron chi connectivity index (χ2n) is 3.96. The number of phenolic OH excluding ortho intramolecular Hbond substituents is 1. The Kier molecular flexibility index (Phi) is 7.18. The van der Waals surface area contributed by atoms with Crippen LogP contribution in [0.3, 0.4) is 0 Å². The van der Waals surface area contributed by atoms with Crippen LogP contribution in [0, 0.1) is 0 Å². The van der Waals surface area contributed by atoms with Crippen molar-refractivity contribution in [2.75, 3.05) is 26.4 Å². The second-order valence-corrected chi connectivity index (χ2v) is 3.96. The van der Waals surface area contributed by atoms with E-state index in [9.17, 15) is 5.11 Å². The van der Waals surface area contributed by atoms with E-state index in [0.29, 0.717) is 43.5 Å². The van der Waals surface area contributed by atoms with E-state index in [1.165, 1.54) is 0 Å². The normalized spacial score (nSPS) is 10.8. The summed E-state index contributed by atoms with van der Waals surface area (Å²) in [5.74, 6) is 1.12. The van der Waals surface area contributed by atoms with E-state index in [0.717, 1.165) is 0 Å².